The van der Waals surface area contributed by atoms with Gasteiger partial charge in [-0.05, 0) is 12.8 Å². The molecule has 1 amide bonds. The van der Waals surface area contributed by atoms with Crippen LogP contribution >= 0.6 is 11.8 Å². The van der Waals surface area contributed by atoms with E-state index in [1.807, 2.05) is 0 Å². The Labute approximate surface area is 94.0 Å². The second-order valence-corrected chi connectivity index (χ2v) is 4.66. The fourth-order valence-corrected chi connectivity index (χ4v) is 2.60. The molecule has 0 aliphatic carbocycles. The SMILES string of the molecule is COCC(SCC1CCCO1)C(=O)NN. The third-order valence-electron chi connectivity index (χ3n) is 2.26. The Hall–Kier alpha value is -0.300. The number of hydrazine groups is 1. The molecular weight excluding hydrogens is 216 g/mol. The molecule has 6 heteroatoms. The van der Waals surface area contributed by atoms with Gasteiger partial charge in [-0.25, -0.2) is 5.84 Å². The van der Waals surface area contributed by atoms with Gasteiger partial charge in [0, 0.05) is 19.5 Å². The van der Waals surface area contributed by atoms with E-state index < -0.39 is 0 Å². The normalized spacial score (nSPS) is 22.7. The van der Waals surface area contributed by atoms with E-state index in [0.29, 0.717) is 6.61 Å². The van der Waals surface area contributed by atoms with Crippen LogP contribution in [0.1, 0.15) is 12.8 Å². The van der Waals surface area contributed by atoms with Gasteiger partial charge in [0.1, 0.15) is 5.25 Å². The van der Waals surface area contributed by atoms with Crippen LogP contribution in [0.5, 0.6) is 0 Å². The molecule has 1 rings (SSSR count). The molecule has 0 radical (unpaired) electrons. The summed E-state index contributed by atoms with van der Waals surface area (Å²) < 4.78 is 10.4. The molecule has 88 valence electrons. The van der Waals surface area contributed by atoms with Gasteiger partial charge < -0.3 is 9.47 Å². The minimum atomic E-state index is -0.246. The van der Waals surface area contributed by atoms with E-state index in [4.69, 9.17) is 15.3 Å². The zero-order valence-corrected chi connectivity index (χ0v) is 9.72. The molecule has 15 heavy (non-hydrogen) atoms. The highest BCUT2D eigenvalue weighted by atomic mass is 32.2. The number of nitrogens with one attached hydrogen (secondary N) is 1. The quantitative estimate of drug-likeness (QED) is 0.381. The maximum absolute atomic E-state index is 11.3. The minimum absolute atomic E-state index is 0.195. The van der Waals surface area contributed by atoms with Gasteiger partial charge >= 0.3 is 0 Å². The molecule has 1 saturated heterocycles. The van der Waals surface area contributed by atoms with Gasteiger partial charge in [-0.3, -0.25) is 10.2 Å². The standard InChI is InChI=1S/C9H18N2O3S/c1-13-5-8(9(12)11-10)15-6-7-3-2-4-14-7/h7-8H,2-6,10H2,1H3,(H,11,12). The topological polar surface area (TPSA) is 73.6 Å². The molecule has 2 atom stereocenters. The van der Waals surface area contributed by atoms with E-state index in [2.05, 4.69) is 5.43 Å². The number of hydrogen-bond acceptors (Lipinski definition) is 5. The first-order chi connectivity index (χ1) is 7.27. The molecule has 5 nitrogen and oxygen atoms in total. The summed E-state index contributed by atoms with van der Waals surface area (Å²) in [6.07, 6.45) is 2.47. The van der Waals surface area contributed by atoms with Crippen molar-refractivity contribution >= 4 is 17.7 Å². The summed E-state index contributed by atoms with van der Waals surface area (Å²) in [5.74, 6) is 5.71. The lowest BCUT2D eigenvalue weighted by molar-refractivity contribution is -0.121. The van der Waals surface area contributed by atoms with Crippen LogP contribution in [-0.4, -0.2) is 43.3 Å². The van der Waals surface area contributed by atoms with E-state index in [0.717, 1.165) is 25.2 Å². The molecule has 3 N–H and O–H groups in total. The molecule has 0 aromatic rings. The maximum Gasteiger partial charge on any atom is 0.249 e. The maximum atomic E-state index is 11.3. The van der Waals surface area contributed by atoms with Crippen molar-refractivity contribution in [2.75, 3.05) is 26.1 Å². The monoisotopic (exact) mass is 234 g/mol. The highest BCUT2D eigenvalue weighted by Gasteiger charge is 2.22. The summed E-state index contributed by atoms with van der Waals surface area (Å²) in [6, 6.07) is 0. The Morgan fingerprint density at radius 3 is 3.13 bits per heavy atom. The second kappa shape index (κ2) is 7.05. The van der Waals surface area contributed by atoms with Crippen molar-refractivity contribution in [3.05, 3.63) is 0 Å². The summed E-state index contributed by atoms with van der Waals surface area (Å²) in [5.41, 5.74) is 2.14. The lowest BCUT2D eigenvalue weighted by Crippen LogP contribution is -2.40. The number of thioether (sulfide) groups is 1. The van der Waals surface area contributed by atoms with Gasteiger partial charge in [-0.15, -0.1) is 11.8 Å². The second-order valence-electron chi connectivity index (χ2n) is 3.42. The summed E-state index contributed by atoms with van der Waals surface area (Å²) in [4.78, 5) is 11.3. The van der Waals surface area contributed by atoms with Gasteiger partial charge in [0.05, 0.1) is 12.7 Å². The molecule has 2 unspecified atom stereocenters. The average Bonchev–Trinajstić information content (AvgIpc) is 2.76. The van der Waals surface area contributed by atoms with Crippen LogP contribution in [0.15, 0.2) is 0 Å². The molecule has 1 aliphatic rings. The number of ether oxygens (including phenoxy) is 2. The van der Waals surface area contributed by atoms with Gasteiger partial charge in [-0.2, -0.15) is 0 Å². The third-order valence-corrected chi connectivity index (χ3v) is 3.58. The number of nitrogens with two attached hydrogens (primary N) is 1. The van der Waals surface area contributed by atoms with E-state index in [1.54, 1.807) is 7.11 Å². The van der Waals surface area contributed by atoms with Crippen molar-refractivity contribution in [3.8, 4) is 0 Å². The zero-order valence-electron chi connectivity index (χ0n) is 8.90. The lowest BCUT2D eigenvalue weighted by atomic mass is 10.3. The summed E-state index contributed by atoms with van der Waals surface area (Å²) in [6.45, 7) is 1.21. The Kier molecular flexibility index (Phi) is 6.00. The largest absolute Gasteiger partial charge is 0.383 e. The van der Waals surface area contributed by atoms with Crippen LogP contribution in [0, 0.1) is 0 Å². The number of methoxy groups -OCH3 is 1. The molecule has 0 spiro atoms. The van der Waals surface area contributed by atoms with Crippen molar-refractivity contribution in [3.63, 3.8) is 0 Å². The lowest BCUT2D eigenvalue weighted by Gasteiger charge is -2.16. The number of carbonyl (C=O) groups is 1. The Balaban J connectivity index is 2.26. The van der Waals surface area contributed by atoms with E-state index in [9.17, 15) is 4.79 Å². The summed E-state index contributed by atoms with van der Waals surface area (Å²) >= 11 is 1.53. The predicted octanol–water partition coefficient (Wildman–Crippen LogP) is -0.0965. The first-order valence-corrected chi connectivity index (χ1v) is 6.05. The molecule has 0 aromatic heterocycles. The Morgan fingerprint density at radius 2 is 2.60 bits per heavy atom. The average molecular weight is 234 g/mol. The molecule has 1 aliphatic heterocycles. The summed E-state index contributed by atoms with van der Waals surface area (Å²) in [5, 5.41) is -0.246. The molecule has 0 aromatic carbocycles. The highest BCUT2D eigenvalue weighted by molar-refractivity contribution is 8.00. The molecule has 1 fully saturated rings. The Morgan fingerprint density at radius 1 is 1.80 bits per heavy atom. The van der Waals surface area contributed by atoms with Crippen LogP contribution in [0.2, 0.25) is 0 Å². The molecule has 0 saturated carbocycles. The van der Waals surface area contributed by atoms with Crippen molar-refractivity contribution in [2.24, 2.45) is 5.84 Å². The van der Waals surface area contributed by atoms with E-state index in [1.165, 1.54) is 11.8 Å². The van der Waals surface area contributed by atoms with Gasteiger partial charge in [-0.1, -0.05) is 0 Å². The van der Waals surface area contributed by atoms with Crippen molar-refractivity contribution in [1.82, 2.24) is 5.43 Å². The van der Waals surface area contributed by atoms with Gasteiger partial charge in [0.15, 0.2) is 0 Å². The van der Waals surface area contributed by atoms with Gasteiger partial charge in [0.25, 0.3) is 0 Å². The van der Waals surface area contributed by atoms with Crippen molar-refractivity contribution in [2.45, 2.75) is 24.2 Å². The number of amides is 1. The fourth-order valence-electron chi connectivity index (χ4n) is 1.44. The van der Waals surface area contributed by atoms with Crippen LogP contribution in [0.25, 0.3) is 0 Å². The number of rotatable bonds is 6. The third kappa shape index (κ3) is 4.38. The predicted molar refractivity (Wildman–Crippen MR) is 59.4 cm³/mol. The fraction of sp³-hybridized carbons (Fsp3) is 0.889. The molecule has 0 bridgehead atoms. The van der Waals surface area contributed by atoms with Crippen LogP contribution in [0.3, 0.4) is 0 Å². The molecule has 1 heterocycles. The number of hydrogen-bond donors (Lipinski definition) is 2. The first-order valence-electron chi connectivity index (χ1n) is 5.00. The van der Waals surface area contributed by atoms with Crippen molar-refractivity contribution < 1.29 is 14.3 Å². The summed E-state index contributed by atoms with van der Waals surface area (Å²) in [7, 11) is 1.57. The highest BCUT2D eigenvalue weighted by Crippen LogP contribution is 2.20. The van der Waals surface area contributed by atoms with Crippen LogP contribution < -0.4 is 11.3 Å². The zero-order chi connectivity index (χ0) is 11.1. The van der Waals surface area contributed by atoms with E-state index >= 15 is 0 Å². The molecular formula is C9H18N2O3S. The Bertz CT molecular complexity index is 198. The first kappa shape index (κ1) is 12.8. The smallest absolute Gasteiger partial charge is 0.249 e. The van der Waals surface area contributed by atoms with Gasteiger partial charge in [0.2, 0.25) is 5.91 Å². The van der Waals surface area contributed by atoms with E-state index in [-0.39, 0.29) is 17.3 Å². The van der Waals surface area contributed by atoms with Crippen LogP contribution in [-0.2, 0) is 14.3 Å². The van der Waals surface area contributed by atoms with Crippen molar-refractivity contribution in [1.29, 1.82) is 0 Å². The van der Waals surface area contributed by atoms with Crippen LogP contribution in [0.4, 0.5) is 0 Å². The number of carbonyl (C=O) groups excluding carboxylic acids is 1. The minimum Gasteiger partial charge on any atom is -0.383 e.